The van der Waals surface area contributed by atoms with Gasteiger partial charge < -0.3 is 4.90 Å². The maximum atomic E-state index is 13.0. The molecule has 0 saturated carbocycles. The summed E-state index contributed by atoms with van der Waals surface area (Å²) in [6, 6.07) is 11.7. The monoisotopic (exact) mass is 468 g/mol. The summed E-state index contributed by atoms with van der Waals surface area (Å²) in [5, 5.41) is 0.393. The van der Waals surface area contributed by atoms with Crippen molar-refractivity contribution >= 4 is 46.3 Å². The third kappa shape index (κ3) is 4.20. The maximum absolute atomic E-state index is 13.0. The molecule has 1 fully saturated rings. The van der Waals surface area contributed by atoms with Gasteiger partial charge in [0.2, 0.25) is 0 Å². The minimum absolute atomic E-state index is 0.111. The van der Waals surface area contributed by atoms with E-state index in [0.29, 0.717) is 15.8 Å². The van der Waals surface area contributed by atoms with Crippen LogP contribution in [-0.4, -0.2) is 28.1 Å². The summed E-state index contributed by atoms with van der Waals surface area (Å²) in [7, 11) is 0. The van der Waals surface area contributed by atoms with Crippen molar-refractivity contribution in [2.75, 3.05) is 11.4 Å². The van der Waals surface area contributed by atoms with Crippen LogP contribution in [0.15, 0.2) is 41.3 Å². The number of imide groups is 1. The van der Waals surface area contributed by atoms with Crippen LogP contribution in [0.1, 0.15) is 62.3 Å². The largest absolute Gasteiger partial charge is 0.366 e. The van der Waals surface area contributed by atoms with E-state index < -0.39 is 0 Å². The Labute approximate surface area is 199 Å². The first-order chi connectivity index (χ1) is 15.1. The lowest BCUT2D eigenvalue weighted by molar-refractivity contribution is -0.123. The molecule has 2 aliphatic heterocycles. The molecule has 32 heavy (non-hydrogen) atoms. The van der Waals surface area contributed by atoms with Crippen molar-refractivity contribution in [3.05, 3.63) is 68.6 Å². The predicted molar refractivity (Wildman–Crippen MR) is 134 cm³/mol. The normalized spacial score (nSPS) is 21.4. The number of benzene rings is 2. The molecule has 0 aliphatic carbocycles. The second-order valence-corrected chi connectivity index (χ2v) is 10.8. The van der Waals surface area contributed by atoms with Gasteiger partial charge in [-0.05, 0) is 104 Å². The highest BCUT2D eigenvalue weighted by Gasteiger charge is 2.37. The standard InChI is InChI=1S/C26H29ClN2O2S/c1-6-29-22-11-16(2)19(12-21(22)17(3)14-26(29,4)5)13-23-24(30)28(25(31)32-23)15-18-7-9-20(27)10-8-18/h7-13,17H,6,14-15H2,1-5H3/b23-13-. The number of carbonyl (C=O) groups excluding carboxylic acids is 2. The Morgan fingerprint density at radius 3 is 2.53 bits per heavy atom. The van der Waals surface area contributed by atoms with E-state index in [-0.39, 0.29) is 23.2 Å². The molecule has 0 spiro atoms. The second kappa shape index (κ2) is 8.60. The number of amides is 2. The van der Waals surface area contributed by atoms with Gasteiger partial charge in [0.15, 0.2) is 0 Å². The number of hydrogen-bond donors (Lipinski definition) is 0. The van der Waals surface area contributed by atoms with Gasteiger partial charge in [-0.2, -0.15) is 0 Å². The van der Waals surface area contributed by atoms with Crippen LogP contribution in [0.2, 0.25) is 5.02 Å². The first kappa shape index (κ1) is 22.9. The van der Waals surface area contributed by atoms with Crippen LogP contribution in [0.3, 0.4) is 0 Å². The highest BCUT2D eigenvalue weighted by Crippen LogP contribution is 2.45. The van der Waals surface area contributed by atoms with Crippen molar-refractivity contribution in [2.45, 2.75) is 59.0 Å². The van der Waals surface area contributed by atoms with E-state index >= 15 is 0 Å². The van der Waals surface area contributed by atoms with Crippen LogP contribution in [0.25, 0.3) is 6.08 Å². The SMILES string of the molecule is CCN1c2cc(C)c(/C=C3\SC(=O)N(Cc4ccc(Cl)cc4)C3=O)cc2C(C)CC1(C)C. The van der Waals surface area contributed by atoms with Crippen LogP contribution >= 0.6 is 23.4 Å². The van der Waals surface area contributed by atoms with Crippen molar-refractivity contribution < 1.29 is 9.59 Å². The summed E-state index contributed by atoms with van der Waals surface area (Å²) in [6.07, 6.45) is 2.96. The van der Waals surface area contributed by atoms with Gasteiger partial charge in [0, 0.05) is 22.8 Å². The predicted octanol–water partition coefficient (Wildman–Crippen LogP) is 7.00. The molecule has 2 heterocycles. The molecule has 1 unspecified atom stereocenters. The Bertz CT molecular complexity index is 1110. The molecule has 0 aromatic heterocycles. The Hall–Kier alpha value is -2.24. The molecule has 4 rings (SSSR count). The Balaban J connectivity index is 1.64. The van der Waals surface area contributed by atoms with Crippen LogP contribution in [-0.2, 0) is 11.3 Å². The molecule has 0 bridgehead atoms. The Morgan fingerprint density at radius 2 is 1.88 bits per heavy atom. The molecule has 168 valence electrons. The minimum Gasteiger partial charge on any atom is -0.366 e. The van der Waals surface area contributed by atoms with E-state index in [1.54, 1.807) is 12.1 Å². The zero-order valence-electron chi connectivity index (χ0n) is 19.2. The van der Waals surface area contributed by atoms with Gasteiger partial charge in [-0.15, -0.1) is 0 Å². The lowest BCUT2D eigenvalue weighted by Gasteiger charge is -2.47. The number of aryl methyl sites for hydroxylation is 1. The third-order valence-electron chi connectivity index (χ3n) is 6.50. The molecule has 0 radical (unpaired) electrons. The highest BCUT2D eigenvalue weighted by atomic mass is 35.5. The number of halogens is 1. The van der Waals surface area contributed by atoms with Gasteiger partial charge in [0.05, 0.1) is 11.4 Å². The first-order valence-corrected chi connectivity index (χ1v) is 12.2. The smallest absolute Gasteiger partial charge is 0.293 e. The highest BCUT2D eigenvalue weighted by molar-refractivity contribution is 8.18. The van der Waals surface area contributed by atoms with Crippen LogP contribution in [0.5, 0.6) is 0 Å². The summed E-state index contributed by atoms with van der Waals surface area (Å²) in [5.41, 5.74) is 5.68. The molecule has 1 atom stereocenters. The fourth-order valence-corrected chi connectivity index (χ4v) is 5.91. The van der Waals surface area contributed by atoms with Crippen LogP contribution in [0, 0.1) is 6.92 Å². The molecular formula is C26H29ClN2O2S. The van der Waals surface area contributed by atoms with E-state index in [0.717, 1.165) is 41.4 Å². The molecule has 2 aromatic rings. The van der Waals surface area contributed by atoms with Gasteiger partial charge in [-0.3, -0.25) is 14.5 Å². The quantitative estimate of drug-likeness (QED) is 0.453. The number of nitrogens with zero attached hydrogens (tertiary/aromatic N) is 2. The van der Waals surface area contributed by atoms with Crippen molar-refractivity contribution in [2.24, 2.45) is 0 Å². The molecule has 6 heteroatoms. The molecule has 2 aliphatic rings. The summed E-state index contributed by atoms with van der Waals surface area (Å²) in [5.74, 6) is 0.187. The van der Waals surface area contributed by atoms with E-state index in [1.807, 2.05) is 18.2 Å². The van der Waals surface area contributed by atoms with Crippen molar-refractivity contribution in [3.8, 4) is 0 Å². The van der Waals surface area contributed by atoms with Gasteiger partial charge >= 0.3 is 0 Å². The Morgan fingerprint density at radius 1 is 1.19 bits per heavy atom. The number of thioether (sulfide) groups is 1. The summed E-state index contributed by atoms with van der Waals surface area (Å²) < 4.78 is 0. The average Bonchev–Trinajstić information content (AvgIpc) is 2.98. The lowest BCUT2D eigenvalue weighted by Crippen LogP contribution is -2.48. The van der Waals surface area contributed by atoms with E-state index in [2.05, 4.69) is 51.7 Å². The van der Waals surface area contributed by atoms with Crippen molar-refractivity contribution in [3.63, 3.8) is 0 Å². The van der Waals surface area contributed by atoms with Gasteiger partial charge in [0.25, 0.3) is 11.1 Å². The molecule has 1 saturated heterocycles. The fraction of sp³-hybridized carbons (Fsp3) is 0.385. The number of fused-ring (bicyclic) bond motifs is 1. The van der Waals surface area contributed by atoms with Crippen LogP contribution < -0.4 is 4.90 Å². The molecule has 0 N–H and O–H groups in total. The number of hydrogen-bond acceptors (Lipinski definition) is 4. The minimum atomic E-state index is -0.239. The number of anilines is 1. The summed E-state index contributed by atoms with van der Waals surface area (Å²) in [4.78, 5) is 29.8. The molecular weight excluding hydrogens is 440 g/mol. The van der Waals surface area contributed by atoms with Crippen LogP contribution in [0.4, 0.5) is 10.5 Å². The van der Waals surface area contributed by atoms with Crippen molar-refractivity contribution in [1.82, 2.24) is 4.90 Å². The van der Waals surface area contributed by atoms with E-state index in [9.17, 15) is 9.59 Å². The Kier molecular flexibility index (Phi) is 6.17. The summed E-state index contributed by atoms with van der Waals surface area (Å²) >= 11 is 6.96. The van der Waals surface area contributed by atoms with Gasteiger partial charge in [-0.1, -0.05) is 30.7 Å². The van der Waals surface area contributed by atoms with Gasteiger partial charge in [0.1, 0.15) is 0 Å². The lowest BCUT2D eigenvalue weighted by atomic mass is 9.79. The maximum Gasteiger partial charge on any atom is 0.293 e. The number of carbonyl (C=O) groups is 2. The molecule has 2 amide bonds. The molecule has 4 nitrogen and oxygen atoms in total. The zero-order chi connectivity index (χ0) is 23.2. The molecule has 2 aromatic carbocycles. The zero-order valence-corrected chi connectivity index (χ0v) is 20.8. The van der Waals surface area contributed by atoms with Gasteiger partial charge in [-0.25, -0.2) is 0 Å². The topological polar surface area (TPSA) is 40.6 Å². The summed E-state index contributed by atoms with van der Waals surface area (Å²) in [6.45, 7) is 12.3. The number of rotatable bonds is 4. The fourth-order valence-electron chi connectivity index (χ4n) is 4.95. The second-order valence-electron chi connectivity index (χ2n) is 9.32. The first-order valence-electron chi connectivity index (χ1n) is 11.0. The van der Waals surface area contributed by atoms with E-state index in [1.165, 1.54) is 16.2 Å². The average molecular weight is 469 g/mol. The van der Waals surface area contributed by atoms with Crippen molar-refractivity contribution in [1.29, 1.82) is 0 Å². The van der Waals surface area contributed by atoms with E-state index in [4.69, 9.17) is 11.6 Å². The third-order valence-corrected chi connectivity index (χ3v) is 7.66.